The van der Waals surface area contributed by atoms with Crippen molar-refractivity contribution in [1.82, 2.24) is 4.98 Å². The molecular weight excluding hydrogens is 222 g/mol. The number of nitrogen functional groups attached to an aromatic ring is 1. The Morgan fingerprint density at radius 3 is 2.88 bits per heavy atom. The molecule has 0 amide bonds. The Morgan fingerprint density at radius 1 is 1.31 bits per heavy atom. The molecule has 1 aliphatic rings. The lowest BCUT2D eigenvalue weighted by Crippen LogP contribution is -2.04. The first-order valence-electron chi connectivity index (χ1n) is 5.35. The molecule has 0 spiro atoms. The Kier molecular flexibility index (Phi) is 2.14. The zero-order chi connectivity index (χ0) is 11.1. The summed E-state index contributed by atoms with van der Waals surface area (Å²) in [5.74, 6) is 0.845. The van der Waals surface area contributed by atoms with Crippen LogP contribution < -0.4 is 11.1 Å². The molecule has 3 rings (SSSR count). The van der Waals surface area contributed by atoms with Gasteiger partial charge >= 0.3 is 0 Å². The van der Waals surface area contributed by atoms with Crippen LogP contribution in [0.25, 0.3) is 10.8 Å². The molecule has 0 atom stereocenters. The summed E-state index contributed by atoms with van der Waals surface area (Å²) in [5, 5.41) is 5.96. The van der Waals surface area contributed by atoms with Gasteiger partial charge in [-0.1, -0.05) is 11.6 Å². The fraction of sp³-hybridized carbons (Fsp3) is 0.250. The quantitative estimate of drug-likeness (QED) is 0.784. The van der Waals surface area contributed by atoms with Crippen LogP contribution in [0.5, 0.6) is 0 Å². The molecule has 82 valence electrons. The van der Waals surface area contributed by atoms with Gasteiger partial charge in [0, 0.05) is 28.7 Å². The standard InChI is InChI=1S/C12H12ClN3/c13-9-3-4-10(14)8-5-6-15-12(11(8)9)16-7-1-2-7/h3-7H,1-2,14H2,(H,15,16). The van der Waals surface area contributed by atoms with E-state index >= 15 is 0 Å². The minimum absolute atomic E-state index is 0.551. The van der Waals surface area contributed by atoms with Crippen molar-refractivity contribution >= 4 is 33.9 Å². The summed E-state index contributed by atoms with van der Waals surface area (Å²) in [6.45, 7) is 0. The second-order valence-electron chi connectivity index (χ2n) is 4.14. The molecule has 4 heteroatoms. The first-order chi connectivity index (χ1) is 7.75. The number of hydrogen-bond acceptors (Lipinski definition) is 3. The van der Waals surface area contributed by atoms with Gasteiger partial charge in [-0.2, -0.15) is 0 Å². The minimum atomic E-state index is 0.551. The van der Waals surface area contributed by atoms with Crippen LogP contribution in [0.2, 0.25) is 5.02 Å². The molecule has 1 aromatic heterocycles. The maximum absolute atomic E-state index is 6.20. The molecular formula is C12H12ClN3. The largest absolute Gasteiger partial charge is 0.398 e. The third kappa shape index (κ3) is 1.57. The summed E-state index contributed by atoms with van der Waals surface area (Å²) < 4.78 is 0. The molecule has 16 heavy (non-hydrogen) atoms. The number of rotatable bonds is 2. The third-order valence-corrected chi connectivity index (χ3v) is 3.14. The van der Waals surface area contributed by atoms with Gasteiger partial charge in [0.05, 0.1) is 5.02 Å². The van der Waals surface area contributed by atoms with Crippen LogP contribution in [0.15, 0.2) is 24.4 Å². The summed E-state index contributed by atoms with van der Waals surface area (Å²) in [6, 6.07) is 6.09. The van der Waals surface area contributed by atoms with E-state index in [1.54, 1.807) is 6.20 Å². The van der Waals surface area contributed by atoms with Gasteiger partial charge in [0.2, 0.25) is 0 Å². The molecule has 0 unspecified atom stereocenters. The van der Waals surface area contributed by atoms with E-state index in [1.165, 1.54) is 12.8 Å². The van der Waals surface area contributed by atoms with Crippen molar-refractivity contribution in [3.63, 3.8) is 0 Å². The van der Waals surface area contributed by atoms with E-state index in [1.807, 2.05) is 18.2 Å². The smallest absolute Gasteiger partial charge is 0.135 e. The second-order valence-corrected chi connectivity index (χ2v) is 4.54. The molecule has 1 fully saturated rings. The van der Waals surface area contributed by atoms with E-state index in [2.05, 4.69) is 10.3 Å². The number of fused-ring (bicyclic) bond motifs is 1. The molecule has 3 N–H and O–H groups in total. The van der Waals surface area contributed by atoms with Crippen LogP contribution in [0, 0.1) is 0 Å². The van der Waals surface area contributed by atoms with E-state index in [0.717, 1.165) is 22.3 Å². The minimum Gasteiger partial charge on any atom is -0.398 e. The summed E-state index contributed by atoms with van der Waals surface area (Å²) in [7, 11) is 0. The molecule has 0 radical (unpaired) electrons. The highest BCUT2D eigenvalue weighted by atomic mass is 35.5. The zero-order valence-electron chi connectivity index (χ0n) is 8.70. The van der Waals surface area contributed by atoms with Gasteiger partial charge in [0.1, 0.15) is 5.82 Å². The Hall–Kier alpha value is -1.48. The SMILES string of the molecule is Nc1ccc(Cl)c2c(NC3CC3)nccc12. The predicted octanol–water partition coefficient (Wildman–Crippen LogP) is 3.04. The van der Waals surface area contributed by atoms with Gasteiger partial charge in [-0.3, -0.25) is 0 Å². The van der Waals surface area contributed by atoms with Crippen molar-refractivity contribution in [3.05, 3.63) is 29.4 Å². The van der Waals surface area contributed by atoms with Gasteiger partial charge in [0.25, 0.3) is 0 Å². The number of pyridine rings is 1. The van der Waals surface area contributed by atoms with Gasteiger partial charge in [-0.15, -0.1) is 0 Å². The number of nitrogens with two attached hydrogens (primary N) is 1. The lowest BCUT2D eigenvalue weighted by Gasteiger charge is -2.10. The van der Waals surface area contributed by atoms with Crippen LogP contribution in [0.3, 0.4) is 0 Å². The van der Waals surface area contributed by atoms with Crippen LogP contribution in [0.1, 0.15) is 12.8 Å². The predicted molar refractivity (Wildman–Crippen MR) is 67.8 cm³/mol. The van der Waals surface area contributed by atoms with E-state index in [-0.39, 0.29) is 0 Å². The Labute approximate surface area is 98.6 Å². The molecule has 0 bridgehead atoms. The van der Waals surface area contributed by atoms with Gasteiger partial charge < -0.3 is 11.1 Å². The lowest BCUT2D eigenvalue weighted by atomic mass is 10.1. The average Bonchev–Trinajstić information content (AvgIpc) is 3.08. The number of nitrogens with zero attached hydrogens (tertiary/aromatic N) is 1. The molecule has 1 saturated carbocycles. The summed E-state index contributed by atoms with van der Waals surface area (Å²) >= 11 is 6.20. The monoisotopic (exact) mass is 233 g/mol. The molecule has 2 aromatic rings. The molecule has 0 saturated heterocycles. The van der Waals surface area contributed by atoms with Crippen molar-refractivity contribution in [2.45, 2.75) is 18.9 Å². The number of hydrogen-bond donors (Lipinski definition) is 2. The average molecular weight is 234 g/mol. The maximum Gasteiger partial charge on any atom is 0.135 e. The van der Waals surface area contributed by atoms with Gasteiger partial charge in [0.15, 0.2) is 0 Å². The number of anilines is 2. The van der Waals surface area contributed by atoms with Crippen molar-refractivity contribution < 1.29 is 0 Å². The number of aromatic nitrogens is 1. The van der Waals surface area contributed by atoms with E-state index in [0.29, 0.717) is 11.1 Å². The first-order valence-corrected chi connectivity index (χ1v) is 5.73. The van der Waals surface area contributed by atoms with E-state index in [9.17, 15) is 0 Å². The number of halogens is 1. The highest BCUT2D eigenvalue weighted by molar-refractivity contribution is 6.37. The zero-order valence-corrected chi connectivity index (χ0v) is 9.46. The molecule has 1 aromatic carbocycles. The Morgan fingerprint density at radius 2 is 2.12 bits per heavy atom. The number of nitrogens with one attached hydrogen (secondary N) is 1. The van der Waals surface area contributed by atoms with Crippen molar-refractivity contribution in [1.29, 1.82) is 0 Å². The van der Waals surface area contributed by atoms with Crippen LogP contribution >= 0.6 is 11.6 Å². The van der Waals surface area contributed by atoms with Crippen LogP contribution in [-0.2, 0) is 0 Å². The van der Waals surface area contributed by atoms with Crippen LogP contribution in [0.4, 0.5) is 11.5 Å². The van der Waals surface area contributed by atoms with Crippen molar-refractivity contribution in [2.24, 2.45) is 0 Å². The topological polar surface area (TPSA) is 50.9 Å². The highest BCUT2D eigenvalue weighted by Crippen LogP contribution is 2.34. The fourth-order valence-electron chi connectivity index (χ4n) is 1.81. The van der Waals surface area contributed by atoms with Crippen LogP contribution in [-0.4, -0.2) is 11.0 Å². The summed E-state index contributed by atoms with van der Waals surface area (Å²) in [5.41, 5.74) is 6.66. The lowest BCUT2D eigenvalue weighted by molar-refractivity contribution is 1.12. The van der Waals surface area contributed by atoms with Gasteiger partial charge in [-0.25, -0.2) is 4.98 Å². The molecule has 0 aliphatic heterocycles. The molecule has 1 heterocycles. The Balaban J connectivity index is 2.23. The molecule has 3 nitrogen and oxygen atoms in total. The summed E-state index contributed by atoms with van der Waals surface area (Å²) in [6.07, 6.45) is 4.18. The first kappa shape index (κ1) is 9.73. The van der Waals surface area contributed by atoms with Crippen molar-refractivity contribution in [3.8, 4) is 0 Å². The van der Waals surface area contributed by atoms with Gasteiger partial charge in [-0.05, 0) is 31.0 Å². The number of benzene rings is 1. The highest BCUT2D eigenvalue weighted by Gasteiger charge is 2.22. The normalized spacial score (nSPS) is 15.3. The fourth-order valence-corrected chi connectivity index (χ4v) is 2.06. The Bertz CT molecular complexity index is 549. The second kappa shape index (κ2) is 3.52. The maximum atomic E-state index is 6.20. The summed E-state index contributed by atoms with van der Waals surface area (Å²) in [4.78, 5) is 4.34. The van der Waals surface area contributed by atoms with E-state index in [4.69, 9.17) is 17.3 Å². The third-order valence-electron chi connectivity index (χ3n) is 2.83. The van der Waals surface area contributed by atoms with Crippen molar-refractivity contribution in [2.75, 3.05) is 11.1 Å². The van der Waals surface area contributed by atoms with E-state index < -0.39 is 0 Å². The molecule has 1 aliphatic carbocycles.